The molecule has 3 rings (SSSR count). The van der Waals surface area contributed by atoms with Crippen molar-refractivity contribution in [3.8, 4) is 0 Å². The minimum Gasteiger partial charge on any atom is -0.313 e. The summed E-state index contributed by atoms with van der Waals surface area (Å²) >= 11 is 0. The zero-order valence-corrected chi connectivity index (χ0v) is 12.7. The molecule has 0 saturated heterocycles. The topological polar surface area (TPSA) is 29.1 Å². The summed E-state index contributed by atoms with van der Waals surface area (Å²) in [5.74, 6) is 1.47. The Morgan fingerprint density at radius 3 is 2.65 bits per heavy atom. The Hall–Kier alpha value is -1.19. The van der Waals surface area contributed by atoms with Gasteiger partial charge in [-0.15, -0.1) is 0 Å². The molecule has 1 saturated carbocycles. The van der Waals surface area contributed by atoms with Crippen LogP contribution in [0.5, 0.6) is 0 Å². The van der Waals surface area contributed by atoms with Gasteiger partial charge in [0.1, 0.15) is 0 Å². The summed E-state index contributed by atoms with van der Waals surface area (Å²) in [6.07, 6.45) is 2.57. The van der Waals surface area contributed by atoms with E-state index in [2.05, 4.69) is 36.5 Å². The number of rotatable bonds is 6. The molecule has 0 aliphatic heterocycles. The molecule has 0 aromatic heterocycles. The second-order valence-corrected chi connectivity index (χ2v) is 7.02. The van der Waals surface area contributed by atoms with Crippen molar-refractivity contribution in [1.29, 1.82) is 0 Å². The molecule has 20 heavy (non-hydrogen) atoms. The van der Waals surface area contributed by atoms with Crippen molar-refractivity contribution >= 4 is 21.6 Å². The molecule has 0 spiro atoms. The quantitative estimate of drug-likeness (QED) is 0.883. The van der Waals surface area contributed by atoms with Crippen LogP contribution in [-0.4, -0.2) is 22.5 Å². The van der Waals surface area contributed by atoms with E-state index in [9.17, 15) is 4.21 Å². The lowest BCUT2D eigenvalue weighted by Gasteiger charge is -2.16. The first-order valence-electron chi connectivity index (χ1n) is 7.38. The van der Waals surface area contributed by atoms with Gasteiger partial charge in [-0.05, 0) is 48.2 Å². The summed E-state index contributed by atoms with van der Waals surface area (Å²) in [5.41, 5.74) is 0. The molecule has 1 N–H and O–H groups in total. The third kappa shape index (κ3) is 3.10. The van der Waals surface area contributed by atoms with Crippen molar-refractivity contribution in [2.45, 2.75) is 30.7 Å². The van der Waals surface area contributed by atoms with Gasteiger partial charge in [0.15, 0.2) is 0 Å². The largest absolute Gasteiger partial charge is 0.313 e. The van der Waals surface area contributed by atoms with Crippen molar-refractivity contribution in [3.63, 3.8) is 0 Å². The predicted octanol–water partition coefficient (Wildman–Crippen LogP) is 3.34. The molecule has 1 aliphatic rings. The first kappa shape index (κ1) is 13.8. The lowest BCUT2D eigenvalue weighted by atomic mass is 10.1. The maximum Gasteiger partial charge on any atom is 0.0545 e. The Morgan fingerprint density at radius 1 is 1.20 bits per heavy atom. The molecule has 3 heteroatoms. The average molecular weight is 287 g/mol. The van der Waals surface area contributed by atoms with Gasteiger partial charge in [-0.1, -0.05) is 37.3 Å². The molecule has 0 bridgehead atoms. The van der Waals surface area contributed by atoms with Crippen LogP contribution in [-0.2, 0) is 10.8 Å². The molecule has 2 nitrogen and oxygen atoms in total. The Morgan fingerprint density at radius 2 is 1.95 bits per heavy atom. The highest BCUT2D eigenvalue weighted by Crippen LogP contribution is 2.33. The predicted molar refractivity (Wildman–Crippen MR) is 85.4 cm³/mol. The summed E-state index contributed by atoms with van der Waals surface area (Å²) in [7, 11) is -0.914. The molecule has 1 aliphatic carbocycles. The van der Waals surface area contributed by atoms with Crippen molar-refractivity contribution in [2.24, 2.45) is 5.92 Å². The van der Waals surface area contributed by atoms with E-state index in [0.29, 0.717) is 6.04 Å². The molecule has 106 valence electrons. The molecular weight excluding hydrogens is 266 g/mol. The molecule has 2 aromatic rings. The lowest BCUT2D eigenvalue weighted by molar-refractivity contribution is 0.514. The van der Waals surface area contributed by atoms with Crippen molar-refractivity contribution < 1.29 is 4.21 Å². The van der Waals surface area contributed by atoms with Gasteiger partial charge in [0, 0.05) is 16.7 Å². The van der Waals surface area contributed by atoms with E-state index in [1.165, 1.54) is 23.6 Å². The van der Waals surface area contributed by atoms with Crippen molar-refractivity contribution in [3.05, 3.63) is 42.5 Å². The van der Waals surface area contributed by atoms with Crippen LogP contribution in [0.4, 0.5) is 0 Å². The van der Waals surface area contributed by atoms with Crippen LogP contribution in [0.15, 0.2) is 47.4 Å². The molecule has 2 aromatic carbocycles. The standard InChI is InChI=1S/C17H21NOS/c1-2-18-17(14-7-8-14)12-20(19)16-10-9-13-5-3-4-6-15(13)11-16/h3-6,9-11,14,17-18H,2,7-8,12H2,1H3. The van der Waals surface area contributed by atoms with E-state index < -0.39 is 10.8 Å². The maximum absolute atomic E-state index is 12.6. The van der Waals surface area contributed by atoms with Crippen LogP contribution < -0.4 is 5.32 Å². The Kier molecular flexibility index (Phi) is 4.18. The normalized spacial score (nSPS) is 18.1. The Balaban J connectivity index is 1.77. The van der Waals surface area contributed by atoms with Gasteiger partial charge in [0.2, 0.25) is 0 Å². The number of hydrogen-bond donors (Lipinski definition) is 1. The minimum atomic E-state index is -0.914. The highest BCUT2D eigenvalue weighted by molar-refractivity contribution is 7.85. The van der Waals surface area contributed by atoms with E-state index in [0.717, 1.165) is 23.1 Å². The van der Waals surface area contributed by atoms with Gasteiger partial charge >= 0.3 is 0 Å². The molecular formula is C17H21NOS. The fourth-order valence-corrected chi connectivity index (χ4v) is 4.08. The second kappa shape index (κ2) is 6.06. The first-order chi connectivity index (χ1) is 9.78. The molecule has 2 unspecified atom stereocenters. The van der Waals surface area contributed by atoms with Crippen LogP contribution in [0.1, 0.15) is 19.8 Å². The number of hydrogen-bond acceptors (Lipinski definition) is 2. The lowest BCUT2D eigenvalue weighted by Crippen LogP contribution is -2.35. The fraction of sp³-hybridized carbons (Fsp3) is 0.412. The summed E-state index contributed by atoms with van der Waals surface area (Å²) in [4.78, 5) is 0.951. The molecule has 0 amide bonds. The van der Waals surface area contributed by atoms with E-state index in [4.69, 9.17) is 0 Å². The molecule has 1 fully saturated rings. The van der Waals surface area contributed by atoms with Gasteiger partial charge in [0.05, 0.1) is 10.8 Å². The van der Waals surface area contributed by atoms with E-state index in [-0.39, 0.29) is 0 Å². The van der Waals surface area contributed by atoms with Gasteiger partial charge < -0.3 is 5.32 Å². The third-order valence-corrected chi connectivity index (χ3v) is 5.41. The van der Waals surface area contributed by atoms with E-state index in [1.807, 2.05) is 18.2 Å². The zero-order valence-electron chi connectivity index (χ0n) is 11.8. The fourth-order valence-electron chi connectivity index (χ4n) is 2.69. The number of nitrogens with one attached hydrogen (secondary N) is 1. The summed E-state index contributed by atoms with van der Waals surface area (Å²) in [5, 5.41) is 5.87. The summed E-state index contributed by atoms with van der Waals surface area (Å²) in [6.45, 7) is 3.07. The van der Waals surface area contributed by atoms with Crippen molar-refractivity contribution in [1.82, 2.24) is 5.32 Å². The monoisotopic (exact) mass is 287 g/mol. The molecule has 0 heterocycles. The highest BCUT2D eigenvalue weighted by Gasteiger charge is 2.31. The SMILES string of the molecule is CCNC(CS(=O)c1ccc2ccccc2c1)C1CC1. The zero-order chi connectivity index (χ0) is 13.9. The van der Waals surface area contributed by atoms with Crippen molar-refractivity contribution in [2.75, 3.05) is 12.3 Å². The van der Waals surface area contributed by atoms with E-state index >= 15 is 0 Å². The van der Waals surface area contributed by atoms with Gasteiger partial charge in [-0.3, -0.25) is 4.21 Å². The van der Waals surface area contributed by atoms with Crippen LogP contribution in [0.2, 0.25) is 0 Å². The first-order valence-corrected chi connectivity index (χ1v) is 8.70. The van der Waals surface area contributed by atoms with Gasteiger partial charge in [-0.2, -0.15) is 0 Å². The second-order valence-electron chi connectivity index (χ2n) is 5.52. The Labute approximate surface area is 123 Å². The Bertz CT molecular complexity index is 621. The van der Waals surface area contributed by atoms with E-state index in [1.54, 1.807) is 0 Å². The minimum absolute atomic E-state index is 0.410. The van der Waals surface area contributed by atoms with Crippen LogP contribution >= 0.6 is 0 Å². The third-order valence-electron chi connectivity index (χ3n) is 3.97. The van der Waals surface area contributed by atoms with Crippen LogP contribution in [0, 0.1) is 5.92 Å². The molecule has 0 radical (unpaired) electrons. The maximum atomic E-state index is 12.6. The molecule has 2 atom stereocenters. The average Bonchev–Trinajstić information content (AvgIpc) is 3.31. The number of benzene rings is 2. The highest BCUT2D eigenvalue weighted by atomic mass is 32.2. The van der Waals surface area contributed by atoms with Gasteiger partial charge in [-0.25, -0.2) is 0 Å². The van der Waals surface area contributed by atoms with Crippen LogP contribution in [0.25, 0.3) is 10.8 Å². The summed E-state index contributed by atoms with van der Waals surface area (Å²) in [6, 6.07) is 14.8. The smallest absolute Gasteiger partial charge is 0.0545 e. The number of fused-ring (bicyclic) bond motifs is 1. The van der Waals surface area contributed by atoms with Crippen LogP contribution in [0.3, 0.4) is 0 Å². The summed E-state index contributed by atoms with van der Waals surface area (Å²) < 4.78 is 12.6. The van der Waals surface area contributed by atoms with Gasteiger partial charge in [0.25, 0.3) is 0 Å².